The number of ether oxygens (including phenoxy) is 1. The maximum absolute atomic E-state index is 13.1. The van der Waals surface area contributed by atoms with Crippen LogP contribution in [0.1, 0.15) is 25.3 Å². The highest BCUT2D eigenvalue weighted by molar-refractivity contribution is 7.89. The number of halogens is 2. The van der Waals surface area contributed by atoms with Gasteiger partial charge < -0.3 is 9.84 Å². The maximum atomic E-state index is 13.1. The molecule has 0 bridgehead atoms. The Morgan fingerprint density at radius 2 is 1.96 bits per heavy atom. The maximum Gasteiger partial charge on any atom is 0.243 e. The minimum Gasteiger partial charge on any atom is -0.489 e. The summed E-state index contributed by atoms with van der Waals surface area (Å²) in [5, 5.41) is 10.4. The van der Waals surface area contributed by atoms with Gasteiger partial charge in [0.1, 0.15) is 18.2 Å². The van der Waals surface area contributed by atoms with Crippen molar-refractivity contribution in [1.82, 2.24) is 4.31 Å². The van der Waals surface area contributed by atoms with Crippen molar-refractivity contribution in [3.8, 4) is 5.75 Å². The Balaban J connectivity index is 1.69. The summed E-state index contributed by atoms with van der Waals surface area (Å²) in [7, 11) is -3.67. The van der Waals surface area contributed by atoms with Crippen molar-refractivity contribution in [2.24, 2.45) is 0 Å². The van der Waals surface area contributed by atoms with Crippen LogP contribution in [0.5, 0.6) is 5.75 Å². The largest absolute Gasteiger partial charge is 0.489 e. The first-order chi connectivity index (χ1) is 12.7. The van der Waals surface area contributed by atoms with Gasteiger partial charge in [-0.1, -0.05) is 17.7 Å². The number of sulfonamides is 1. The second-order valence-electron chi connectivity index (χ2n) is 6.93. The fraction of sp³-hybridized carbons (Fsp3) is 0.368. The molecule has 1 atom stereocenters. The summed E-state index contributed by atoms with van der Waals surface area (Å²) in [6.45, 7) is 2.25. The third kappa shape index (κ3) is 4.79. The molecule has 0 amide bonds. The van der Waals surface area contributed by atoms with E-state index in [1.807, 2.05) is 0 Å². The molecular formula is C19H21ClFNO4S. The van der Waals surface area contributed by atoms with Gasteiger partial charge in [0.2, 0.25) is 10.0 Å². The first kappa shape index (κ1) is 20.1. The molecule has 146 valence electrons. The average molecular weight is 414 g/mol. The summed E-state index contributed by atoms with van der Waals surface area (Å²) in [6.07, 6.45) is 1.20. The summed E-state index contributed by atoms with van der Waals surface area (Å²) in [5.74, 6) is 0.0509. The molecule has 0 aliphatic carbocycles. The molecule has 1 saturated heterocycles. The van der Waals surface area contributed by atoms with E-state index in [1.54, 1.807) is 25.1 Å². The minimum atomic E-state index is -3.67. The van der Waals surface area contributed by atoms with Gasteiger partial charge in [-0.15, -0.1) is 0 Å². The number of rotatable bonds is 5. The van der Waals surface area contributed by atoms with E-state index in [2.05, 4.69) is 0 Å². The van der Waals surface area contributed by atoms with Crippen LogP contribution >= 0.6 is 11.6 Å². The van der Waals surface area contributed by atoms with E-state index in [-0.39, 0.29) is 23.1 Å². The van der Waals surface area contributed by atoms with Crippen molar-refractivity contribution in [3.05, 3.63) is 58.9 Å². The lowest BCUT2D eigenvalue weighted by Crippen LogP contribution is -2.48. The summed E-state index contributed by atoms with van der Waals surface area (Å²) >= 11 is 5.96. The number of hydrogen-bond donors (Lipinski definition) is 1. The van der Waals surface area contributed by atoms with Crippen LogP contribution in [-0.2, 0) is 16.6 Å². The number of nitrogens with zero attached hydrogens (tertiary/aromatic N) is 1. The minimum absolute atomic E-state index is 0.0800. The second kappa shape index (κ2) is 7.75. The van der Waals surface area contributed by atoms with Gasteiger partial charge in [-0.25, -0.2) is 12.8 Å². The van der Waals surface area contributed by atoms with Crippen molar-refractivity contribution in [2.75, 3.05) is 13.1 Å². The number of piperidine rings is 1. The van der Waals surface area contributed by atoms with Crippen LogP contribution in [0, 0.1) is 5.82 Å². The molecule has 0 spiro atoms. The van der Waals surface area contributed by atoms with Crippen molar-refractivity contribution in [3.63, 3.8) is 0 Å². The van der Waals surface area contributed by atoms with E-state index in [0.717, 1.165) is 0 Å². The Bertz CT molecular complexity index is 916. The molecule has 2 aromatic carbocycles. The number of hydrogen-bond acceptors (Lipinski definition) is 4. The van der Waals surface area contributed by atoms with Crippen molar-refractivity contribution >= 4 is 21.6 Å². The molecule has 1 heterocycles. The van der Waals surface area contributed by atoms with Gasteiger partial charge in [0.25, 0.3) is 0 Å². The van der Waals surface area contributed by atoms with E-state index >= 15 is 0 Å². The van der Waals surface area contributed by atoms with E-state index < -0.39 is 21.4 Å². The first-order valence-electron chi connectivity index (χ1n) is 8.57. The zero-order valence-corrected chi connectivity index (χ0v) is 16.4. The third-order valence-corrected chi connectivity index (χ3v) is 6.72. The fourth-order valence-electron chi connectivity index (χ4n) is 3.04. The standard InChI is InChI=1S/C19H21ClFNO4S/c1-19(23)9-2-10-22(13-19)27(24,25)17-7-5-16(6-8-17)26-12-14-3-4-15(21)11-18(14)20/h3-8,11,23H,2,9-10,12-13H2,1H3. The van der Waals surface area contributed by atoms with Crippen LogP contribution in [0.4, 0.5) is 4.39 Å². The van der Waals surface area contributed by atoms with Gasteiger partial charge in [-0.05, 0) is 56.2 Å². The number of aliphatic hydroxyl groups is 1. The van der Waals surface area contributed by atoms with Gasteiger partial charge in [0.05, 0.1) is 15.5 Å². The molecule has 1 aliphatic rings. The third-order valence-electron chi connectivity index (χ3n) is 4.51. The van der Waals surface area contributed by atoms with Crippen LogP contribution in [-0.4, -0.2) is 36.5 Å². The van der Waals surface area contributed by atoms with E-state index in [4.69, 9.17) is 16.3 Å². The second-order valence-corrected chi connectivity index (χ2v) is 9.28. The predicted molar refractivity (Wildman–Crippen MR) is 101 cm³/mol. The summed E-state index contributed by atoms with van der Waals surface area (Å²) in [6, 6.07) is 10.1. The Morgan fingerprint density at radius 1 is 1.26 bits per heavy atom. The number of benzene rings is 2. The molecule has 5 nitrogen and oxygen atoms in total. The summed E-state index contributed by atoms with van der Waals surface area (Å²) < 4.78 is 45.5. The fourth-order valence-corrected chi connectivity index (χ4v) is 4.85. The highest BCUT2D eigenvalue weighted by atomic mass is 35.5. The summed E-state index contributed by atoms with van der Waals surface area (Å²) in [4.78, 5) is 0.146. The van der Waals surface area contributed by atoms with E-state index in [9.17, 15) is 17.9 Å². The molecule has 1 unspecified atom stereocenters. The molecule has 1 N–H and O–H groups in total. The van der Waals surface area contributed by atoms with E-state index in [1.165, 1.54) is 28.6 Å². The molecular weight excluding hydrogens is 393 g/mol. The van der Waals surface area contributed by atoms with Crippen molar-refractivity contribution in [2.45, 2.75) is 36.9 Å². The van der Waals surface area contributed by atoms with Crippen molar-refractivity contribution < 1.29 is 22.7 Å². The lowest BCUT2D eigenvalue weighted by Gasteiger charge is -2.35. The lowest BCUT2D eigenvalue weighted by atomic mass is 9.97. The van der Waals surface area contributed by atoms with Gasteiger partial charge >= 0.3 is 0 Å². The first-order valence-corrected chi connectivity index (χ1v) is 10.4. The molecule has 0 aromatic heterocycles. The van der Waals surface area contributed by atoms with Gasteiger partial charge in [-0.2, -0.15) is 4.31 Å². The van der Waals surface area contributed by atoms with Gasteiger partial charge in [0.15, 0.2) is 0 Å². The Kier molecular flexibility index (Phi) is 5.76. The predicted octanol–water partition coefficient (Wildman–Crippen LogP) is 3.59. The molecule has 0 radical (unpaired) electrons. The number of β-amino-alcohol motifs (C(OH)–C–C–N with tert-alkyl or cyclic N) is 1. The summed E-state index contributed by atoms with van der Waals surface area (Å²) in [5.41, 5.74) is -0.381. The van der Waals surface area contributed by atoms with Crippen LogP contribution in [0.3, 0.4) is 0 Å². The molecule has 3 rings (SSSR count). The Hall–Kier alpha value is -1.67. The van der Waals surface area contributed by atoms with E-state index in [0.29, 0.717) is 30.7 Å². The molecule has 1 aliphatic heterocycles. The monoisotopic (exact) mass is 413 g/mol. The smallest absolute Gasteiger partial charge is 0.243 e. The average Bonchev–Trinajstić information content (AvgIpc) is 2.60. The topological polar surface area (TPSA) is 66.8 Å². The molecule has 1 fully saturated rings. The molecule has 2 aromatic rings. The zero-order valence-electron chi connectivity index (χ0n) is 14.9. The van der Waals surface area contributed by atoms with Crippen LogP contribution in [0.25, 0.3) is 0 Å². The van der Waals surface area contributed by atoms with Crippen LogP contribution in [0.2, 0.25) is 5.02 Å². The molecule has 8 heteroatoms. The highest BCUT2D eigenvalue weighted by Gasteiger charge is 2.35. The molecule has 27 heavy (non-hydrogen) atoms. The van der Waals surface area contributed by atoms with Crippen LogP contribution in [0.15, 0.2) is 47.4 Å². The Labute approximate surface area is 163 Å². The normalized spacial score (nSPS) is 21.2. The highest BCUT2D eigenvalue weighted by Crippen LogP contribution is 2.27. The quantitative estimate of drug-likeness (QED) is 0.813. The SMILES string of the molecule is CC1(O)CCCN(S(=O)(=O)c2ccc(OCc3ccc(F)cc3Cl)cc2)C1. The lowest BCUT2D eigenvalue weighted by molar-refractivity contribution is 0.00940. The Morgan fingerprint density at radius 3 is 2.59 bits per heavy atom. The van der Waals surface area contributed by atoms with Gasteiger partial charge in [-0.3, -0.25) is 0 Å². The van der Waals surface area contributed by atoms with Gasteiger partial charge in [0, 0.05) is 18.7 Å². The van der Waals surface area contributed by atoms with Crippen LogP contribution < -0.4 is 4.74 Å². The van der Waals surface area contributed by atoms with Crippen molar-refractivity contribution in [1.29, 1.82) is 0 Å². The molecule has 0 saturated carbocycles. The zero-order chi connectivity index (χ0) is 19.7.